The van der Waals surface area contributed by atoms with Gasteiger partial charge in [0.1, 0.15) is 6.61 Å². The van der Waals surface area contributed by atoms with E-state index in [0.29, 0.717) is 24.6 Å². The number of hydrogen-bond donors (Lipinski definition) is 1. The summed E-state index contributed by atoms with van der Waals surface area (Å²) in [6.45, 7) is 0.692. The van der Waals surface area contributed by atoms with E-state index in [-0.39, 0.29) is 5.91 Å². The molecular weight excluding hydrogens is 382 g/mol. The number of aromatic nitrogens is 2. The molecule has 0 saturated carbocycles. The fourth-order valence-corrected chi connectivity index (χ4v) is 2.69. The molecule has 2 aromatic carbocycles. The van der Waals surface area contributed by atoms with Crippen molar-refractivity contribution in [2.45, 2.75) is 0 Å². The van der Waals surface area contributed by atoms with Gasteiger partial charge in [-0.2, -0.15) is 0 Å². The van der Waals surface area contributed by atoms with Crippen LogP contribution in [0.2, 0.25) is 0 Å². The van der Waals surface area contributed by atoms with Gasteiger partial charge < -0.3 is 10.1 Å². The van der Waals surface area contributed by atoms with Gasteiger partial charge in [0.15, 0.2) is 0 Å². The first-order chi connectivity index (χ1) is 12.2. The first-order valence-electron chi connectivity index (χ1n) is 7.79. The van der Waals surface area contributed by atoms with Gasteiger partial charge in [0.05, 0.1) is 17.8 Å². The SMILES string of the molecule is O=C(NCCOc1ccc(-c2ccccc2)nn1)c1ccccc1Br. The van der Waals surface area contributed by atoms with Crippen LogP contribution in [-0.4, -0.2) is 29.3 Å². The van der Waals surface area contributed by atoms with E-state index in [1.165, 1.54) is 0 Å². The molecule has 1 heterocycles. The molecule has 6 heteroatoms. The smallest absolute Gasteiger partial charge is 0.252 e. The zero-order valence-corrected chi connectivity index (χ0v) is 14.9. The lowest BCUT2D eigenvalue weighted by Gasteiger charge is -2.08. The van der Waals surface area contributed by atoms with Crippen molar-refractivity contribution in [3.8, 4) is 17.1 Å². The Kier molecular flexibility index (Phi) is 5.74. The van der Waals surface area contributed by atoms with Crippen molar-refractivity contribution in [2.24, 2.45) is 0 Å². The highest BCUT2D eigenvalue weighted by molar-refractivity contribution is 9.10. The van der Waals surface area contributed by atoms with Gasteiger partial charge in [-0.3, -0.25) is 4.79 Å². The largest absolute Gasteiger partial charge is 0.475 e. The molecule has 0 spiro atoms. The van der Waals surface area contributed by atoms with E-state index in [9.17, 15) is 4.79 Å². The highest BCUT2D eigenvalue weighted by Gasteiger charge is 2.08. The summed E-state index contributed by atoms with van der Waals surface area (Å²) in [6, 6.07) is 20.7. The number of nitrogens with zero attached hydrogens (tertiary/aromatic N) is 2. The molecule has 5 nitrogen and oxygen atoms in total. The molecule has 0 aliphatic heterocycles. The molecular formula is C19H16BrN3O2. The van der Waals surface area contributed by atoms with Gasteiger partial charge in [0.2, 0.25) is 5.88 Å². The molecule has 126 valence electrons. The van der Waals surface area contributed by atoms with Gasteiger partial charge >= 0.3 is 0 Å². The van der Waals surface area contributed by atoms with E-state index in [0.717, 1.165) is 15.7 Å². The van der Waals surface area contributed by atoms with Crippen LogP contribution in [0.25, 0.3) is 11.3 Å². The molecule has 25 heavy (non-hydrogen) atoms. The minimum Gasteiger partial charge on any atom is -0.475 e. The molecule has 3 rings (SSSR count). The molecule has 0 aliphatic carbocycles. The van der Waals surface area contributed by atoms with Crippen LogP contribution in [0.4, 0.5) is 0 Å². The maximum Gasteiger partial charge on any atom is 0.252 e. The second-order valence-corrected chi connectivity index (χ2v) is 6.06. The molecule has 1 amide bonds. The summed E-state index contributed by atoms with van der Waals surface area (Å²) in [7, 11) is 0. The Hall–Kier alpha value is -2.73. The summed E-state index contributed by atoms with van der Waals surface area (Å²) >= 11 is 3.36. The third kappa shape index (κ3) is 4.64. The molecule has 0 radical (unpaired) electrons. The van der Waals surface area contributed by atoms with Crippen molar-refractivity contribution in [1.82, 2.24) is 15.5 Å². The molecule has 0 saturated heterocycles. The van der Waals surface area contributed by atoms with E-state index >= 15 is 0 Å². The summed E-state index contributed by atoms with van der Waals surface area (Å²) in [5.41, 5.74) is 2.38. The minimum atomic E-state index is -0.151. The van der Waals surface area contributed by atoms with Crippen molar-refractivity contribution in [1.29, 1.82) is 0 Å². The lowest BCUT2D eigenvalue weighted by atomic mass is 10.1. The normalized spacial score (nSPS) is 10.3. The summed E-state index contributed by atoms with van der Waals surface area (Å²) in [5.74, 6) is 0.274. The van der Waals surface area contributed by atoms with Crippen LogP contribution in [0, 0.1) is 0 Å². The van der Waals surface area contributed by atoms with Crippen molar-refractivity contribution in [3.63, 3.8) is 0 Å². The lowest BCUT2D eigenvalue weighted by Crippen LogP contribution is -2.28. The maximum absolute atomic E-state index is 12.1. The number of amides is 1. The Morgan fingerprint density at radius 1 is 0.960 bits per heavy atom. The average molecular weight is 398 g/mol. The van der Waals surface area contributed by atoms with Crippen molar-refractivity contribution in [2.75, 3.05) is 13.2 Å². The summed E-state index contributed by atoms with van der Waals surface area (Å²) in [5, 5.41) is 11.0. The van der Waals surface area contributed by atoms with Gasteiger partial charge in [-0.1, -0.05) is 42.5 Å². The van der Waals surface area contributed by atoms with Crippen LogP contribution in [-0.2, 0) is 0 Å². The third-order valence-electron chi connectivity index (χ3n) is 3.47. The molecule has 0 bridgehead atoms. The predicted molar refractivity (Wildman–Crippen MR) is 99.4 cm³/mol. The first kappa shape index (κ1) is 17.1. The highest BCUT2D eigenvalue weighted by atomic mass is 79.9. The number of carbonyl (C=O) groups excluding carboxylic acids is 1. The second-order valence-electron chi connectivity index (χ2n) is 5.21. The average Bonchev–Trinajstić information content (AvgIpc) is 2.66. The highest BCUT2D eigenvalue weighted by Crippen LogP contribution is 2.17. The first-order valence-corrected chi connectivity index (χ1v) is 8.58. The second kappa shape index (κ2) is 8.39. The number of carbonyl (C=O) groups is 1. The molecule has 1 N–H and O–H groups in total. The van der Waals surface area contributed by atoms with E-state index in [2.05, 4.69) is 31.4 Å². The van der Waals surface area contributed by atoms with Crippen LogP contribution >= 0.6 is 15.9 Å². The van der Waals surface area contributed by atoms with Gasteiger partial charge in [-0.25, -0.2) is 0 Å². The van der Waals surface area contributed by atoms with Gasteiger partial charge in [0, 0.05) is 16.1 Å². The van der Waals surface area contributed by atoms with Crippen LogP contribution < -0.4 is 10.1 Å². The molecule has 0 unspecified atom stereocenters. The Morgan fingerprint density at radius 2 is 1.72 bits per heavy atom. The zero-order chi connectivity index (χ0) is 17.5. The number of benzene rings is 2. The van der Waals surface area contributed by atoms with Crippen LogP contribution in [0.1, 0.15) is 10.4 Å². The number of halogens is 1. The topological polar surface area (TPSA) is 64.1 Å². The Balaban J connectivity index is 1.48. The molecule has 1 aromatic heterocycles. The number of hydrogen-bond acceptors (Lipinski definition) is 4. The van der Waals surface area contributed by atoms with Gasteiger partial charge in [-0.05, 0) is 34.1 Å². The van der Waals surface area contributed by atoms with E-state index in [1.807, 2.05) is 54.6 Å². The van der Waals surface area contributed by atoms with Crippen LogP contribution in [0.3, 0.4) is 0 Å². The van der Waals surface area contributed by atoms with Crippen LogP contribution in [0.5, 0.6) is 5.88 Å². The quantitative estimate of drug-likeness (QED) is 0.643. The molecule has 0 atom stereocenters. The van der Waals surface area contributed by atoms with E-state index < -0.39 is 0 Å². The van der Waals surface area contributed by atoms with Gasteiger partial charge in [-0.15, -0.1) is 10.2 Å². The summed E-state index contributed by atoms with van der Waals surface area (Å²) in [6.07, 6.45) is 0. The van der Waals surface area contributed by atoms with Crippen molar-refractivity contribution >= 4 is 21.8 Å². The molecule has 0 aliphatic rings. The third-order valence-corrected chi connectivity index (χ3v) is 4.16. The molecule has 3 aromatic rings. The predicted octanol–water partition coefficient (Wildman–Crippen LogP) is 3.71. The Bertz CT molecular complexity index is 839. The minimum absolute atomic E-state index is 0.151. The van der Waals surface area contributed by atoms with E-state index in [4.69, 9.17) is 4.74 Å². The lowest BCUT2D eigenvalue weighted by molar-refractivity contribution is 0.0945. The number of nitrogens with one attached hydrogen (secondary N) is 1. The zero-order valence-electron chi connectivity index (χ0n) is 13.4. The standard InChI is InChI=1S/C19H16BrN3O2/c20-16-9-5-4-8-15(16)19(24)21-12-13-25-18-11-10-17(22-23-18)14-6-2-1-3-7-14/h1-11H,12-13H2,(H,21,24). The van der Waals surface area contributed by atoms with Crippen molar-refractivity contribution < 1.29 is 9.53 Å². The Labute approximate surface area is 154 Å². The summed E-state index contributed by atoms with van der Waals surface area (Å²) < 4.78 is 6.27. The molecule has 0 fully saturated rings. The fraction of sp³-hybridized carbons (Fsp3) is 0.105. The van der Waals surface area contributed by atoms with E-state index in [1.54, 1.807) is 12.1 Å². The van der Waals surface area contributed by atoms with Crippen molar-refractivity contribution in [3.05, 3.63) is 76.8 Å². The Morgan fingerprint density at radius 3 is 2.44 bits per heavy atom. The fourth-order valence-electron chi connectivity index (χ4n) is 2.22. The summed E-state index contributed by atoms with van der Waals surface area (Å²) in [4.78, 5) is 12.1. The maximum atomic E-state index is 12.1. The number of ether oxygens (including phenoxy) is 1. The monoisotopic (exact) mass is 397 g/mol. The van der Waals surface area contributed by atoms with Gasteiger partial charge in [0.25, 0.3) is 5.91 Å². The number of rotatable bonds is 6. The van der Waals surface area contributed by atoms with Crippen LogP contribution in [0.15, 0.2) is 71.2 Å².